The van der Waals surface area contributed by atoms with Crippen molar-refractivity contribution in [2.45, 2.75) is 38.1 Å². The van der Waals surface area contributed by atoms with Crippen LogP contribution in [0.2, 0.25) is 0 Å². The normalized spacial score (nSPS) is 13.2. The summed E-state index contributed by atoms with van der Waals surface area (Å²) in [6, 6.07) is 0.0917. The van der Waals surface area contributed by atoms with Crippen LogP contribution in [0.4, 0.5) is 10.7 Å². The number of thiophene rings is 1. The largest absolute Gasteiger partial charge is 0.465 e. The van der Waals surface area contributed by atoms with E-state index in [-0.39, 0.29) is 21.5 Å². The summed E-state index contributed by atoms with van der Waals surface area (Å²) in [5.74, 6) is -0.319. The van der Waals surface area contributed by atoms with Crippen LogP contribution < -0.4 is 11.1 Å². The third kappa shape index (κ3) is 3.88. The molecule has 1 heterocycles. The van der Waals surface area contributed by atoms with Crippen LogP contribution in [0, 0.1) is 5.92 Å². The smallest absolute Gasteiger partial charge is 0.350 e. The number of carbonyl (C=O) groups excluding carboxylic acids is 1. The van der Waals surface area contributed by atoms with Crippen molar-refractivity contribution in [2.75, 3.05) is 24.4 Å². The van der Waals surface area contributed by atoms with Crippen molar-refractivity contribution in [1.29, 1.82) is 0 Å². The van der Waals surface area contributed by atoms with Crippen LogP contribution in [-0.2, 0) is 14.6 Å². The molecule has 1 aromatic rings. The van der Waals surface area contributed by atoms with Crippen molar-refractivity contribution in [3.8, 4) is 0 Å². The Bertz CT molecular complexity index is 620. The van der Waals surface area contributed by atoms with Crippen molar-refractivity contribution in [2.24, 2.45) is 5.92 Å². The van der Waals surface area contributed by atoms with E-state index in [1.54, 1.807) is 0 Å². The van der Waals surface area contributed by atoms with E-state index in [2.05, 4.69) is 10.1 Å². The maximum Gasteiger partial charge on any atom is 0.350 e. The average molecular weight is 334 g/mol. The molecule has 0 aliphatic rings. The SMILES string of the molecule is CCC(Nc1sc(C(=O)OC)c(N)c1S(C)(=O)=O)C(C)C. The summed E-state index contributed by atoms with van der Waals surface area (Å²) in [4.78, 5) is 11.8. The Morgan fingerprint density at radius 1 is 1.43 bits per heavy atom. The van der Waals surface area contributed by atoms with Gasteiger partial charge in [0.25, 0.3) is 0 Å². The highest BCUT2D eigenvalue weighted by molar-refractivity contribution is 7.91. The Balaban J connectivity index is 3.40. The van der Waals surface area contributed by atoms with E-state index in [9.17, 15) is 13.2 Å². The van der Waals surface area contributed by atoms with Gasteiger partial charge in [0.15, 0.2) is 9.84 Å². The molecule has 6 nitrogen and oxygen atoms in total. The number of sulfone groups is 1. The van der Waals surface area contributed by atoms with E-state index in [4.69, 9.17) is 5.73 Å². The fourth-order valence-corrected chi connectivity index (χ4v) is 4.58. The Morgan fingerprint density at radius 3 is 2.38 bits per heavy atom. The third-order valence-corrected chi connectivity index (χ3v) is 5.61. The molecule has 0 bridgehead atoms. The number of methoxy groups -OCH3 is 1. The van der Waals surface area contributed by atoms with E-state index < -0.39 is 15.8 Å². The molecule has 0 amide bonds. The molecular weight excluding hydrogens is 312 g/mol. The second-order valence-electron chi connectivity index (χ2n) is 5.17. The monoisotopic (exact) mass is 334 g/mol. The molecule has 0 spiro atoms. The van der Waals surface area contributed by atoms with Gasteiger partial charge in [0.05, 0.1) is 12.8 Å². The summed E-state index contributed by atoms with van der Waals surface area (Å²) in [5.41, 5.74) is 5.80. The molecule has 120 valence electrons. The molecule has 0 aliphatic heterocycles. The van der Waals surface area contributed by atoms with Crippen LogP contribution in [0.25, 0.3) is 0 Å². The van der Waals surface area contributed by atoms with Gasteiger partial charge in [-0.2, -0.15) is 0 Å². The molecule has 1 rings (SSSR count). The summed E-state index contributed by atoms with van der Waals surface area (Å²) in [6.45, 7) is 6.09. The van der Waals surface area contributed by atoms with Gasteiger partial charge in [-0.25, -0.2) is 13.2 Å². The Morgan fingerprint density at radius 2 is 2.00 bits per heavy atom. The lowest BCUT2D eigenvalue weighted by molar-refractivity contribution is 0.0607. The fraction of sp³-hybridized carbons (Fsp3) is 0.615. The number of esters is 1. The maximum atomic E-state index is 12.0. The number of rotatable bonds is 6. The maximum absolute atomic E-state index is 12.0. The lowest BCUT2D eigenvalue weighted by Gasteiger charge is -2.21. The van der Waals surface area contributed by atoms with E-state index in [0.29, 0.717) is 10.9 Å². The zero-order valence-corrected chi connectivity index (χ0v) is 14.5. The predicted molar refractivity (Wildman–Crippen MR) is 85.7 cm³/mol. The highest BCUT2D eigenvalue weighted by Crippen LogP contribution is 2.40. The first-order valence-corrected chi connectivity index (χ1v) is 9.31. The minimum Gasteiger partial charge on any atom is -0.465 e. The number of nitrogen functional groups attached to an aromatic ring is 1. The first-order chi connectivity index (χ1) is 9.63. The summed E-state index contributed by atoms with van der Waals surface area (Å²) < 4.78 is 28.6. The molecule has 0 aliphatic carbocycles. The van der Waals surface area contributed by atoms with Crippen LogP contribution in [-0.4, -0.2) is 33.8 Å². The van der Waals surface area contributed by atoms with E-state index in [0.717, 1.165) is 24.0 Å². The second kappa shape index (κ2) is 6.65. The van der Waals surface area contributed by atoms with Gasteiger partial charge in [-0.3, -0.25) is 0 Å². The summed E-state index contributed by atoms with van der Waals surface area (Å²) in [6.07, 6.45) is 1.90. The molecular formula is C13H22N2O4S2. The predicted octanol–water partition coefficient (Wildman–Crippen LogP) is 2.37. The molecule has 0 fully saturated rings. The number of nitrogens with one attached hydrogen (secondary N) is 1. The Hall–Kier alpha value is -1.28. The molecule has 8 heteroatoms. The molecule has 1 atom stereocenters. The van der Waals surface area contributed by atoms with Crippen molar-refractivity contribution in [3.63, 3.8) is 0 Å². The van der Waals surface area contributed by atoms with Crippen molar-refractivity contribution >= 4 is 37.8 Å². The van der Waals surface area contributed by atoms with Crippen LogP contribution in [0.15, 0.2) is 4.90 Å². The molecule has 1 aromatic heterocycles. The summed E-state index contributed by atoms with van der Waals surface area (Å²) in [5, 5.41) is 3.59. The van der Waals surface area contributed by atoms with Gasteiger partial charge in [0, 0.05) is 12.3 Å². The standard InChI is InChI=1S/C13H22N2O4S2/c1-6-8(7(2)3)15-12-11(21(5,17)18)9(14)10(20-12)13(16)19-4/h7-8,15H,6,14H2,1-5H3. The number of ether oxygens (including phenoxy) is 1. The average Bonchev–Trinajstić information content (AvgIpc) is 2.71. The second-order valence-corrected chi connectivity index (χ2v) is 8.14. The number of carbonyl (C=O) groups is 1. The third-order valence-electron chi connectivity index (χ3n) is 3.20. The van der Waals surface area contributed by atoms with Gasteiger partial charge in [-0.15, -0.1) is 11.3 Å². The van der Waals surface area contributed by atoms with Crippen molar-refractivity contribution < 1.29 is 17.9 Å². The van der Waals surface area contributed by atoms with E-state index in [1.165, 1.54) is 7.11 Å². The zero-order valence-electron chi connectivity index (χ0n) is 12.9. The van der Waals surface area contributed by atoms with Gasteiger partial charge in [-0.05, 0) is 12.3 Å². The molecule has 0 saturated heterocycles. The van der Waals surface area contributed by atoms with E-state index >= 15 is 0 Å². The highest BCUT2D eigenvalue weighted by Gasteiger charge is 2.28. The van der Waals surface area contributed by atoms with Crippen LogP contribution >= 0.6 is 11.3 Å². The fourth-order valence-electron chi connectivity index (χ4n) is 2.04. The Labute approximate surface area is 129 Å². The lowest BCUT2D eigenvalue weighted by atomic mass is 10.0. The molecule has 0 saturated carbocycles. The minimum atomic E-state index is -3.55. The van der Waals surface area contributed by atoms with Crippen molar-refractivity contribution in [1.82, 2.24) is 0 Å². The summed E-state index contributed by atoms with van der Waals surface area (Å²) >= 11 is 1.02. The van der Waals surface area contributed by atoms with Crippen molar-refractivity contribution in [3.05, 3.63) is 4.88 Å². The molecule has 3 N–H and O–H groups in total. The minimum absolute atomic E-state index is 0.0213. The number of anilines is 2. The molecule has 21 heavy (non-hydrogen) atoms. The highest BCUT2D eigenvalue weighted by atomic mass is 32.2. The van der Waals surface area contributed by atoms with Crippen LogP contribution in [0.3, 0.4) is 0 Å². The first-order valence-electron chi connectivity index (χ1n) is 6.60. The van der Waals surface area contributed by atoms with Gasteiger partial charge in [0.2, 0.25) is 0 Å². The lowest BCUT2D eigenvalue weighted by Crippen LogP contribution is -2.24. The molecule has 0 aromatic carbocycles. The molecule has 0 radical (unpaired) electrons. The zero-order chi connectivity index (χ0) is 16.4. The first kappa shape index (κ1) is 17.8. The summed E-state index contributed by atoms with van der Waals surface area (Å²) in [7, 11) is -2.32. The number of hydrogen-bond donors (Lipinski definition) is 2. The van der Waals surface area contributed by atoms with Gasteiger partial charge in [-0.1, -0.05) is 20.8 Å². The number of nitrogens with two attached hydrogens (primary N) is 1. The topological polar surface area (TPSA) is 98.5 Å². The molecule has 1 unspecified atom stereocenters. The van der Waals surface area contributed by atoms with Gasteiger partial charge in [0.1, 0.15) is 14.8 Å². The number of hydrogen-bond acceptors (Lipinski definition) is 7. The van der Waals surface area contributed by atoms with Gasteiger partial charge >= 0.3 is 5.97 Å². The Kier molecular flexibility index (Phi) is 5.63. The van der Waals surface area contributed by atoms with E-state index in [1.807, 2.05) is 20.8 Å². The van der Waals surface area contributed by atoms with Crippen LogP contribution in [0.1, 0.15) is 36.9 Å². The quantitative estimate of drug-likeness (QED) is 0.775. The van der Waals surface area contributed by atoms with Crippen LogP contribution in [0.5, 0.6) is 0 Å². The van der Waals surface area contributed by atoms with Gasteiger partial charge < -0.3 is 15.8 Å².